The maximum atomic E-state index is 11.4. The molecule has 2 heterocycles. The maximum absolute atomic E-state index is 11.4. The summed E-state index contributed by atoms with van der Waals surface area (Å²) in [6.07, 6.45) is 1.75. The molecule has 2 aromatic rings. The summed E-state index contributed by atoms with van der Waals surface area (Å²) in [6, 6.07) is 0. The summed E-state index contributed by atoms with van der Waals surface area (Å²) in [5.41, 5.74) is 4.02. The van der Waals surface area contributed by atoms with Gasteiger partial charge in [-0.1, -0.05) is 5.21 Å². The smallest absolute Gasteiger partial charge is 0.213 e. The molecule has 2 aromatic heterocycles. The Labute approximate surface area is 124 Å². The first-order chi connectivity index (χ1) is 9.82. The Morgan fingerprint density at radius 1 is 1.29 bits per heavy atom. The van der Waals surface area contributed by atoms with E-state index in [1.807, 2.05) is 25.5 Å². The first-order valence-electron chi connectivity index (χ1n) is 6.63. The van der Waals surface area contributed by atoms with E-state index in [0.717, 1.165) is 17.1 Å². The first-order valence-corrected chi connectivity index (χ1v) is 8.28. The molecule has 0 radical (unpaired) electrons. The molecule has 9 heteroatoms. The van der Waals surface area contributed by atoms with Gasteiger partial charge in [0.2, 0.25) is 10.0 Å². The van der Waals surface area contributed by atoms with Gasteiger partial charge in [-0.2, -0.15) is 5.10 Å². The van der Waals surface area contributed by atoms with Crippen molar-refractivity contribution in [3.8, 4) is 0 Å². The van der Waals surface area contributed by atoms with Crippen LogP contribution in [0.5, 0.6) is 0 Å². The fourth-order valence-corrected chi connectivity index (χ4v) is 2.56. The van der Waals surface area contributed by atoms with Gasteiger partial charge in [0.25, 0.3) is 0 Å². The highest BCUT2D eigenvalue weighted by molar-refractivity contribution is 7.89. The molecule has 2 rings (SSSR count). The quantitative estimate of drug-likeness (QED) is 0.810. The van der Waals surface area contributed by atoms with Crippen LogP contribution in [0, 0.1) is 20.8 Å². The van der Waals surface area contributed by atoms with E-state index in [0.29, 0.717) is 6.54 Å². The van der Waals surface area contributed by atoms with Gasteiger partial charge in [0.15, 0.2) is 0 Å². The van der Waals surface area contributed by atoms with Gasteiger partial charge in [0.1, 0.15) is 5.69 Å². The molecule has 116 valence electrons. The molecule has 0 aliphatic rings. The fraction of sp³-hybridized carbons (Fsp3) is 0.583. The number of aryl methyl sites for hydroxylation is 2. The van der Waals surface area contributed by atoms with Gasteiger partial charge < -0.3 is 0 Å². The molecule has 0 bridgehead atoms. The van der Waals surface area contributed by atoms with Crippen LogP contribution in [0.25, 0.3) is 0 Å². The standard InChI is InChI=1S/C12H20N6O2S/c1-9-10(2)15-18(11(9)3)8-12-7-17(16-14-12)5-6-21(19,20)13-4/h7,13H,5-6,8H2,1-4H3. The normalized spacial score (nSPS) is 12.0. The van der Waals surface area contributed by atoms with Crippen molar-refractivity contribution in [2.24, 2.45) is 0 Å². The van der Waals surface area contributed by atoms with Crippen LogP contribution >= 0.6 is 0 Å². The van der Waals surface area contributed by atoms with Crippen LogP contribution in [0.3, 0.4) is 0 Å². The molecule has 8 nitrogen and oxygen atoms in total. The van der Waals surface area contributed by atoms with Crippen LogP contribution in [-0.4, -0.2) is 46.0 Å². The highest BCUT2D eigenvalue weighted by Gasteiger charge is 2.11. The van der Waals surface area contributed by atoms with Gasteiger partial charge in [-0.25, -0.2) is 13.1 Å². The SMILES string of the molecule is CNS(=O)(=O)CCn1cc(Cn2nc(C)c(C)c2C)nn1. The Hall–Kier alpha value is -1.74. The van der Waals surface area contributed by atoms with Gasteiger partial charge in [0.05, 0.1) is 30.7 Å². The van der Waals surface area contributed by atoms with Crippen molar-refractivity contribution in [3.05, 3.63) is 28.8 Å². The maximum Gasteiger partial charge on any atom is 0.213 e. The average molecular weight is 312 g/mol. The van der Waals surface area contributed by atoms with Gasteiger partial charge in [-0.15, -0.1) is 5.10 Å². The lowest BCUT2D eigenvalue weighted by atomic mass is 10.2. The molecule has 1 N–H and O–H groups in total. The molecule has 0 amide bonds. The summed E-state index contributed by atoms with van der Waals surface area (Å²) in [6.45, 7) is 6.82. The van der Waals surface area contributed by atoms with E-state index in [1.165, 1.54) is 17.3 Å². The molecule has 0 fully saturated rings. The van der Waals surface area contributed by atoms with Crippen molar-refractivity contribution in [2.45, 2.75) is 33.9 Å². The van der Waals surface area contributed by atoms with Crippen molar-refractivity contribution in [1.82, 2.24) is 29.5 Å². The number of aromatic nitrogens is 5. The molecule has 0 spiro atoms. The molecule has 0 aliphatic carbocycles. The molecule has 0 aromatic carbocycles. The monoisotopic (exact) mass is 312 g/mol. The Balaban J connectivity index is 2.05. The topological polar surface area (TPSA) is 94.7 Å². The van der Waals surface area contributed by atoms with Crippen LogP contribution < -0.4 is 4.72 Å². The zero-order valence-electron chi connectivity index (χ0n) is 12.7. The number of hydrogen-bond acceptors (Lipinski definition) is 5. The predicted molar refractivity (Wildman–Crippen MR) is 78.4 cm³/mol. The third-order valence-corrected chi connectivity index (χ3v) is 4.88. The van der Waals surface area contributed by atoms with Crippen LogP contribution in [-0.2, 0) is 23.1 Å². The van der Waals surface area contributed by atoms with Crippen LogP contribution in [0.4, 0.5) is 0 Å². The fourth-order valence-electron chi connectivity index (χ4n) is 1.93. The summed E-state index contributed by atoms with van der Waals surface area (Å²) in [5, 5.41) is 12.4. The van der Waals surface area contributed by atoms with Crippen molar-refractivity contribution in [2.75, 3.05) is 12.8 Å². The summed E-state index contributed by atoms with van der Waals surface area (Å²) in [7, 11) is -1.84. The third kappa shape index (κ3) is 3.67. The van der Waals surface area contributed by atoms with E-state index >= 15 is 0 Å². The lowest BCUT2D eigenvalue weighted by Gasteiger charge is -2.02. The predicted octanol–water partition coefficient (Wildman–Crippen LogP) is -0.00264. The Kier molecular flexibility index (Phi) is 4.43. The second kappa shape index (κ2) is 5.94. The summed E-state index contributed by atoms with van der Waals surface area (Å²) in [4.78, 5) is 0. The van der Waals surface area contributed by atoms with Crippen molar-refractivity contribution in [1.29, 1.82) is 0 Å². The van der Waals surface area contributed by atoms with Crippen molar-refractivity contribution < 1.29 is 8.42 Å². The lowest BCUT2D eigenvalue weighted by Crippen LogP contribution is -2.24. The minimum atomic E-state index is -3.23. The number of nitrogens with zero attached hydrogens (tertiary/aromatic N) is 5. The molecule has 0 atom stereocenters. The van der Waals surface area contributed by atoms with E-state index in [1.54, 1.807) is 6.20 Å². The Morgan fingerprint density at radius 2 is 2.00 bits per heavy atom. The number of nitrogens with one attached hydrogen (secondary N) is 1. The summed E-state index contributed by atoms with van der Waals surface area (Å²) >= 11 is 0. The molecule has 0 aliphatic heterocycles. The average Bonchev–Trinajstić information content (AvgIpc) is 2.98. The molecule has 0 saturated carbocycles. The molecular formula is C12H20N6O2S. The number of rotatable bonds is 6. The van der Waals surface area contributed by atoms with Gasteiger partial charge in [-0.3, -0.25) is 9.36 Å². The van der Waals surface area contributed by atoms with Crippen molar-refractivity contribution >= 4 is 10.0 Å². The van der Waals surface area contributed by atoms with Crippen LogP contribution in [0.2, 0.25) is 0 Å². The second-order valence-electron chi connectivity index (χ2n) is 4.95. The van der Waals surface area contributed by atoms with Crippen LogP contribution in [0.15, 0.2) is 6.20 Å². The molecular weight excluding hydrogens is 292 g/mol. The highest BCUT2D eigenvalue weighted by Crippen LogP contribution is 2.12. The van der Waals surface area contributed by atoms with E-state index in [4.69, 9.17) is 0 Å². The highest BCUT2D eigenvalue weighted by atomic mass is 32.2. The number of hydrogen-bond donors (Lipinski definition) is 1. The first kappa shape index (κ1) is 15.6. The molecule has 0 unspecified atom stereocenters. The van der Waals surface area contributed by atoms with Gasteiger partial charge >= 0.3 is 0 Å². The second-order valence-corrected chi connectivity index (χ2v) is 7.00. The Morgan fingerprint density at radius 3 is 2.57 bits per heavy atom. The van der Waals surface area contributed by atoms with Crippen LogP contribution in [0.1, 0.15) is 22.6 Å². The van der Waals surface area contributed by atoms with Gasteiger partial charge in [-0.05, 0) is 33.4 Å². The van der Waals surface area contributed by atoms with E-state index in [9.17, 15) is 8.42 Å². The zero-order chi connectivity index (χ0) is 15.6. The minimum Gasteiger partial charge on any atom is -0.263 e. The minimum absolute atomic E-state index is 0.0225. The molecule has 0 saturated heterocycles. The molecule has 21 heavy (non-hydrogen) atoms. The van der Waals surface area contributed by atoms with E-state index < -0.39 is 10.0 Å². The lowest BCUT2D eigenvalue weighted by molar-refractivity contribution is 0.568. The summed E-state index contributed by atoms with van der Waals surface area (Å²) < 4.78 is 28.4. The number of sulfonamides is 1. The third-order valence-electron chi connectivity index (χ3n) is 3.54. The Bertz CT molecular complexity index is 731. The zero-order valence-corrected chi connectivity index (χ0v) is 13.5. The summed E-state index contributed by atoms with van der Waals surface area (Å²) in [5.74, 6) is -0.0225. The van der Waals surface area contributed by atoms with E-state index in [2.05, 4.69) is 20.1 Å². The van der Waals surface area contributed by atoms with Gasteiger partial charge in [0, 0.05) is 5.69 Å². The van der Waals surface area contributed by atoms with E-state index in [-0.39, 0.29) is 12.3 Å². The van der Waals surface area contributed by atoms with Crippen molar-refractivity contribution in [3.63, 3.8) is 0 Å². The largest absolute Gasteiger partial charge is 0.263 e.